The summed E-state index contributed by atoms with van der Waals surface area (Å²) >= 11 is 5.89. The van der Waals surface area contributed by atoms with Crippen LogP contribution in [0.15, 0.2) is 17.3 Å². The first-order valence-corrected chi connectivity index (χ1v) is 11.3. The summed E-state index contributed by atoms with van der Waals surface area (Å²) in [7, 11) is -3.36. The van der Waals surface area contributed by atoms with Crippen molar-refractivity contribution in [3.05, 3.63) is 22.7 Å². The van der Waals surface area contributed by atoms with Crippen LogP contribution in [-0.4, -0.2) is 93.6 Å². The highest BCUT2D eigenvalue weighted by Crippen LogP contribution is 2.36. The number of carbonyl (C=O) groups excluding carboxylic acids is 2. The van der Waals surface area contributed by atoms with E-state index in [-0.39, 0.29) is 30.1 Å². The smallest absolute Gasteiger partial charge is 0.328 e. The Morgan fingerprint density at radius 1 is 1.33 bits per heavy atom. The minimum Gasteiger partial charge on any atom is -0.504 e. The summed E-state index contributed by atoms with van der Waals surface area (Å²) in [5.41, 5.74) is -0.0255. The number of likely N-dealkylation sites (tertiary alicyclic amines) is 2. The fourth-order valence-corrected chi connectivity index (χ4v) is 4.46. The number of hydrogen-bond acceptors (Lipinski definition) is 9. The molecule has 12 nitrogen and oxygen atoms in total. The molecular formula is C19H22ClN3O9S. The Bertz CT molecular complexity index is 1090. The minimum absolute atomic E-state index is 0.0255. The van der Waals surface area contributed by atoms with Crippen LogP contribution in [0.4, 0.5) is 0 Å². The Labute approximate surface area is 194 Å². The fraction of sp³-hybridized carbons (Fsp3) is 0.474. The van der Waals surface area contributed by atoms with Crippen LogP contribution in [0.1, 0.15) is 30.6 Å². The van der Waals surface area contributed by atoms with Gasteiger partial charge in [0.15, 0.2) is 34.3 Å². The zero-order valence-electron chi connectivity index (χ0n) is 17.5. The maximum Gasteiger partial charge on any atom is 0.328 e. The SMILES string of the molecule is C[C@@H]1CC(=O)N1[C@@H](C(=O)O)[C@](C)(/C=N/OC1CN(C(=O)c2ccc(O)c(O)c2Cl)C1)[SH](=O)=O. The summed E-state index contributed by atoms with van der Waals surface area (Å²) in [4.78, 5) is 43.7. The van der Waals surface area contributed by atoms with Crippen molar-refractivity contribution in [3.8, 4) is 11.5 Å². The van der Waals surface area contributed by atoms with Crippen molar-refractivity contribution in [1.29, 1.82) is 0 Å². The van der Waals surface area contributed by atoms with Gasteiger partial charge in [0.05, 0.1) is 29.9 Å². The van der Waals surface area contributed by atoms with Crippen molar-refractivity contribution in [2.75, 3.05) is 13.1 Å². The van der Waals surface area contributed by atoms with E-state index in [2.05, 4.69) is 5.16 Å². The molecule has 0 unspecified atom stereocenters. The third-order valence-electron chi connectivity index (χ3n) is 5.68. The molecule has 1 aromatic rings. The number of β-lactam (4-membered cyclic amide) rings is 1. The molecule has 180 valence electrons. The average molecular weight is 504 g/mol. The van der Waals surface area contributed by atoms with Gasteiger partial charge in [-0.1, -0.05) is 16.8 Å². The first-order chi connectivity index (χ1) is 15.4. The molecule has 2 heterocycles. The van der Waals surface area contributed by atoms with E-state index in [9.17, 15) is 38.1 Å². The van der Waals surface area contributed by atoms with Gasteiger partial charge in [0, 0.05) is 12.5 Å². The second-order valence-electron chi connectivity index (χ2n) is 8.04. The van der Waals surface area contributed by atoms with Gasteiger partial charge in [-0.05, 0) is 26.0 Å². The summed E-state index contributed by atoms with van der Waals surface area (Å²) in [5, 5.41) is 32.0. The van der Waals surface area contributed by atoms with Crippen molar-refractivity contribution in [2.45, 2.75) is 43.2 Å². The summed E-state index contributed by atoms with van der Waals surface area (Å²) in [6.07, 6.45) is 0.365. The lowest BCUT2D eigenvalue weighted by Gasteiger charge is -2.45. The number of hydrogen-bond donors (Lipinski definition) is 4. The second-order valence-corrected chi connectivity index (χ2v) is 9.90. The van der Waals surface area contributed by atoms with Crippen LogP contribution in [0.2, 0.25) is 5.02 Å². The standard InChI is InChI=1S/C19H22ClN3O9S/c1-9-5-13(25)23(9)16(18(28)29)19(2,33(30)31)8-21-32-10-6-22(7-10)17(27)11-3-4-12(24)15(26)14(11)20/h3-4,8-10,16,24,26,33H,5-7H2,1-2H3,(H,28,29)/b21-8+/t9-,16+,19+/m1/s1. The number of benzene rings is 1. The predicted octanol–water partition coefficient (Wildman–Crippen LogP) is 0.0221. The number of carboxylic acid groups (broad SMARTS) is 1. The van der Waals surface area contributed by atoms with Crippen LogP contribution in [0, 0.1) is 0 Å². The van der Waals surface area contributed by atoms with Crippen LogP contribution >= 0.6 is 11.6 Å². The van der Waals surface area contributed by atoms with Crippen LogP contribution in [0.5, 0.6) is 11.5 Å². The number of aliphatic carboxylic acids is 1. The molecule has 0 aliphatic carbocycles. The summed E-state index contributed by atoms with van der Waals surface area (Å²) in [5.74, 6) is -3.57. The topological polar surface area (TPSA) is 174 Å². The molecule has 0 aromatic heterocycles. The molecule has 3 rings (SSSR count). The average Bonchev–Trinajstić information content (AvgIpc) is 2.71. The van der Waals surface area contributed by atoms with E-state index in [1.165, 1.54) is 11.0 Å². The molecule has 3 N–H and O–H groups in total. The first-order valence-electron chi connectivity index (χ1n) is 9.77. The van der Waals surface area contributed by atoms with Gasteiger partial charge in [-0.2, -0.15) is 0 Å². The second kappa shape index (κ2) is 9.06. The lowest BCUT2D eigenvalue weighted by Crippen LogP contribution is -2.66. The van der Waals surface area contributed by atoms with Crippen molar-refractivity contribution < 1.29 is 43.0 Å². The normalized spacial score (nSPS) is 21.5. The number of thiol groups is 1. The fourth-order valence-electron chi connectivity index (χ4n) is 3.64. The van der Waals surface area contributed by atoms with Gasteiger partial charge < -0.3 is 30.0 Å². The van der Waals surface area contributed by atoms with E-state index in [0.717, 1.165) is 24.1 Å². The Balaban J connectivity index is 1.66. The number of phenols is 2. The van der Waals surface area contributed by atoms with Gasteiger partial charge in [0.2, 0.25) is 5.91 Å². The van der Waals surface area contributed by atoms with Crippen LogP contribution < -0.4 is 0 Å². The highest BCUT2D eigenvalue weighted by Gasteiger charge is 2.52. The van der Waals surface area contributed by atoms with Crippen LogP contribution in [-0.2, 0) is 25.1 Å². The van der Waals surface area contributed by atoms with Gasteiger partial charge in [-0.15, -0.1) is 0 Å². The van der Waals surface area contributed by atoms with Crippen molar-refractivity contribution in [2.24, 2.45) is 5.16 Å². The quantitative estimate of drug-likeness (QED) is 0.125. The first kappa shape index (κ1) is 24.6. The van der Waals surface area contributed by atoms with E-state index < -0.39 is 62.9 Å². The van der Waals surface area contributed by atoms with Gasteiger partial charge in [0.1, 0.15) is 4.75 Å². The molecule has 2 aliphatic heterocycles. The van der Waals surface area contributed by atoms with Crippen molar-refractivity contribution in [1.82, 2.24) is 9.80 Å². The van der Waals surface area contributed by atoms with E-state index in [0.29, 0.717) is 0 Å². The molecule has 2 aliphatic rings. The molecular weight excluding hydrogens is 482 g/mol. The molecule has 2 fully saturated rings. The molecule has 2 saturated heterocycles. The Morgan fingerprint density at radius 3 is 2.48 bits per heavy atom. The van der Waals surface area contributed by atoms with Crippen molar-refractivity contribution in [3.63, 3.8) is 0 Å². The maximum absolute atomic E-state index is 12.5. The molecule has 0 radical (unpaired) electrons. The number of carbonyl (C=O) groups is 3. The van der Waals surface area contributed by atoms with E-state index in [1.54, 1.807) is 6.92 Å². The molecule has 1 aromatic carbocycles. The number of phenolic OH excluding ortho intramolecular Hbond substituents is 2. The lowest BCUT2D eigenvalue weighted by molar-refractivity contribution is -0.161. The van der Waals surface area contributed by atoms with Gasteiger partial charge in [-0.25, -0.2) is 13.2 Å². The number of oxime groups is 1. The highest BCUT2D eigenvalue weighted by molar-refractivity contribution is 7.75. The van der Waals surface area contributed by atoms with Gasteiger partial charge in [0.25, 0.3) is 5.91 Å². The maximum atomic E-state index is 12.5. The number of rotatable bonds is 8. The number of halogens is 1. The summed E-state index contributed by atoms with van der Waals surface area (Å²) < 4.78 is 21.9. The molecule has 0 saturated carbocycles. The number of nitrogens with zero attached hydrogens (tertiary/aromatic N) is 3. The molecule has 0 spiro atoms. The Kier molecular flexibility index (Phi) is 6.75. The summed E-state index contributed by atoms with van der Waals surface area (Å²) in [6.45, 7) is 2.89. The summed E-state index contributed by atoms with van der Waals surface area (Å²) in [6, 6.07) is 0.275. The third-order valence-corrected chi connectivity index (χ3v) is 7.21. The zero-order valence-corrected chi connectivity index (χ0v) is 19.2. The van der Waals surface area contributed by atoms with E-state index >= 15 is 0 Å². The Hall–Kier alpha value is -3.06. The number of aromatic hydroxyl groups is 2. The van der Waals surface area contributed by atoms with Crippen LogP contribution in [0.25, 0.3) is 0 Å². The number of amides is 2. The highest BCUT2D eigenvalue weighted by atomic mass is 35.5. The predicted molar refractivity (Wildman–Crippen MR) is 115 cm³/mol. The molecule has 2 amide bonds. The largest absolute Gasteiger partial charge is 0.504 e. The molecule has 14 heteroatoms. The Morgan fingerprint density at radius 2 is 1.97 bits per heavy atom. The molecule has 33 heavy (non-hydrogen) atoms. The van der Waals surface area contributed by atoms with Crippen molar-refractivity contribution >= 4 is 46.3 Å². The van der Waals surface area contributed by atoms with Crippen LogP contribution in [0.3, 0.4) is 0 Å². The zero-order chi connectivity index (χ0) is 24.7. The van der Waals surface area contributed by atoms with E-state index in [4.69, 9.17) is 16.4 Å². The monoisotopic (exact) mass is 503 g/mol. The molecule has 3 atom stereocenters. The minimum atomic E-state index is -3.36. The third kappa shape index (κ3) is 4.42. The number of carboxylic acids is 1. The van der Waals surface area contributed by atoms with Gasteiger partial charge >= 0.3 is 5.97 Å². The molecule has 0 bridgehead atoms. The van der Waals surface area contributed by atoms with Gasteiger partial charge in [-0.3, -0.25) is 9.59 Å². The lowest BCUT2D eigenvalue weighted by atomic mass is 9.92. The van der Waals surface area contributed by atoms with E-state index in [1.807, 2.05) is 0 Å².